The van der Waals surface area contributed by atoms with Crippen LogP contribution in [0.4, 0.5) is 0 Å². The molecule has 2 aromatic rings. The minimum absolute atomic E-state index is 0.104. The van der Waals surface area contributed by atoms with E-state index in [0.29, 0.717) is 6.04 Å². The second-order valence-corrected chi connectivity index (χ2v) is 7.04. The molecule has 2 heteroatoms. The third-order valence-corrected chi connectivity index (χ3v) is 5.08. The Hall–Kier alpha value is -2.16. The SMILES string of the molecule is OC1CCC(N(C/C=C/c2ccccc2)C/C=C/c2ccccc2)CC1. The molecule has 26 heavy (non-hydrogen) atoms. The Labute approximate surface area is 157 Å². The summed E-state index contributed by atoms with van der Waals surface area (Å²) in [6.45, 7) is 1.88. The molecule has 136 valence electrons. The lowest BCUT2D eigenvalue weighted by Gasteiger charge is -2.34. The molecule has 1 fully saturated rings. The molecule has 0 amide bonds. The number of aliphatic hydroxyl groups excluding tert-OH is 1. The van der Waals surface area contributed by atoms with Gasteiger partial charge in [0.1, 0.15) is 0 Å². The van der Waals surface area contributed by atoms with Gasteiger partial charge in [0.2, 0.25) is 0 Å². The summed E-state index contributed by atoms with van der Waals surface area (Å²) >= 11 is 0. The first-order chi connectivity index (χ1) is 12.8. The molecule has 0 unspecified atom stereocenters. The van der Waals surface area contributed by atoms with Gasteiger partial charge in [-0.05, 0) is 36.8 Å². The lowest BCUT2D eigenvalue weighted by atomic mass is 9.92. The zero-order valence-electron chi connectivity index (χ0n) is 15.4. The average Bonchev–Trinajstić information content (AvgIpc) is 2.69. The van der Waals surface area contributed by atoms with Gasteiger partial charge in [-0.1, -0.05) is 85.0 Å². The fourth-order valence-corrected chi connectivity index (χ4v) is 3.57. The summed E-state index contributed by atoms with van der Waals surface area (Å²) in [5.74, 6) is 0. The van der Waals surface area contributed by atoms with E-state index >= 15 is 0 Å². The van der Waals surface area contributed by atoms with Crippen LogP contribution in [0.2, 0.25) is 0 Å². The van der Waals surface area contributed by atoms with E-state index in [-0.39, 0.29) is 6.10 Å². The van der Waals surface area contributed by atoms with Crippen molar-refractivity contribution in [3.05, 3.63) is 83.9 Å². The molecule has 0 spiro atoms. The lowest BCUT2D eigenvalue weighted by Crippen LogP contribution is -2.39. The van der Waals surface area contributed by atoms with Crippen LogP contribution in [0.15, 0.2) is 72.8 Å². The second-order valence-electron chi connectivity index (χ2n) is 7.04. The summed E-state index contributed by atoms with van der Waals surface area (Å²) in [6.07, 6.45) is 12.8. The van der Waals surface area contributed by atoms with Gasteiger partial charge in [-0.15, -0.1) is 0 Å². The Bertz CT molecular complexity index is 633. The van der Waals surface area contributed by atoms with E-state index in [9.17, 15) is 5.11 Å². The molecule has 3 rings (SSSR count). The highest BCUT2D eigenvalue weighted by Gasteiger charge is 2.23. The van der Waals surface area contributed by atoms with Gasteiger partial charge in [-0.25, -0.2) is 0 Å². The van der Waals surface area contributed by atoms with Crippen LogP contribution in [-0.2, 0) is 0 Å². The number of benzene rings is 2. The maximum absolute atomic E-state index is 9.81. The molecule has 1 aliphatic rings. The Balaban J connectivity index is 1.61. The molecule has 0 bridgehead atoms. The smallest absolute Gasteiger partial charge is 0.0541 e. The molecule has 0 aliphatic heterocycles. The van der Waals surface area contributed by atoms with E-state index in [0.717, 1.165) is 38.8 Å². The maximum atomic E-state index is 9.81. The number of nitrogens with zero attached hydrogens (tertiary/aromatic N) is 1. The predicted octanol–water partition coefficient (Wildman–Crippen LogP) is 5.02. The molecule has 0 atom stereocenters. The number of aliphatic hydroxyl groups is 1. The van der Waals surface area contributed by atoms with Crippen molar-refractivity contribution in [2.24, 2.45) is 0 Å². The molecule has 0 saturated heterocycles. The minimum Gasteiger partial charge on any atom is -0.393 e. The van der Waals surface area contributed by atoms with E-state index in [1.165, 1.54) is 11.1 Å². The monoisotopic (exact) mass is 347 g/mol. The summed E-state index contributed by atoms with van der Waals surface area (Å²) < 4.78 is 0. The van der Waals surface area contributed by atoms with Gasteiger partial charge < -0.3 is 5.11 Å². The Morgan fingerprint density at radius 1 is 0.731 bits per heavy atom. The molecule has 0 radical (unpaired) electrons. The van der Waals surface area contributed by atoms with Crippen LogP contribution in [0.25, 0.3) is 12.2 Å². The van der Waals surface area contributed by atoms with Crippen LogP contribution in [0.3, 0.4) is 0 Å². The van der Waals surface area contributed by atoms with Crippen molar-refractivity contribution in [1.82, 2.24) is 4.90 Å². The Morgan fingerprint density at radius 2 is 1.19 bits per heavy atom. The van der Waals surface area contributed by atoms with Gasteiger partial charge in [0.05, 0.1) is 6.10 Å². The third kappa shape index (κ3) is 5.98. The average molecular weight is 348 g/mol. The summed E-state index contributed by atoms with van der Waals surface area (Å²) in [4.78, 5) is 2.53. The number of rotatable bonds is 7. The molecule has 2 aromatic carbocycles. The van der Waals surface area contributed by atoms with Crippen LogP contribution in [0.1, 0.15) is 36.8 Å². The summed E-state index contributed by atoms with van der Waals surface area (Å²) in [6, 6.07) is 21.5. The second kappa shape index (κ2) is 10.1. The summed E-state index contributed by atoms with van der Waals surface area (Å²) in [5.41, 5.74) is 2.48. The van der Waals surface area contributed by atoms with Gasteiger partial charge in [-0.3, -0.25) is 4.90 Å². The molecule has 2 nitrogen and oxygen atoms in total. The van der Waals surface area contributed by atoms with Crippen LogP contribution in [-0.4, -0.2) is 35.2 Å². The van der Waals surface area contributed by atoms with E-state index < -0.39 is 0 Å². The third-order valence-electron chi connectivity index (χ3n) is 5.08. The fraction of sp³-hybridized carbons (Fsp3) is 0.333. The highest BCUT2D eigenvalue weighted by atomic mass is 16.3. The lowest BCUT2D eigenvalue weighted by molar-refractivity contribution is 0.0832. The van der Waals surface area contributed by atoms with Crippen LogP contribution < -0.4 is 0 Å². The van der Waals surface area contributed by atoms with Crippen molar-refractivity contribution in [3.8, 4) is 0 Å². The quantitative estimate of drug-likeness (QED) is 0.760. The molecule has 0 heterocycles. The number of hydrogen-bond acceptors (Lipinski definition) is 2. The normalized spacial score (nSPS) is 21.0. The van der Waals surface area contributed by atoms with Crippen molar-refractivity contribution in [1.29, 1.82) is 0 Å². The Kier molecular flexibility index (Phi) is 7.24. The van der Waals surface area contributed by atoms with Crippen molar-refractivity contribution in [2.75, 3.05) is 13.1 Å². The van der Waals surface area contributed by atoms with E-state index in [4.69, 9.17) is 0 Å². The van der Waals surface area contributed by atoms with Crippen LogP contribution in [0, 0.1) is 0 Å². The van der Waals surface area contributed by atoms with Crippen molar-refractivity contribution in [3.63, 3.8) is 0 Å². The van der Waals surface area contributed by atoms with Gasteiger partial charge in [0, 0.05) is 19.1 Å². The maximum Gasteiger partial charge on any atom is 0.0541 e. The van der Waals surface area contributed by atoms with Crippen LogP contribution >= 0.6 is 0 Å². The van der Waals surface area contributed by atoms with Crippen molar-refractivity contribution in [2.45, 2.75) is 37.8 Å². The zero-order chi connectivity index (χ0) is 18.0. The van der Waals surface area contributed by atoms with Gasteiger partial charge in [-0.2, -0.15) is 0 Å². The molecule has 1 aliphatic carbocycles. The van der Waals surface area contributed by atoms with E-state index in [1.807, 2.05) is 12.1 Å². The largest absolute Gasteiger partial charge is 0.393 e. The van der Waals surface area contributed by atoms with Crippen molar-refractivity contribution < 1.29 is 5.11 Å². The first-order valence-electron chi connectivity index (χ1n) is 9.66. The zero-order valence-corrected chi connectivity index (χ0v) is 15.4. The molecular formula is C24H29NO. The highest BCUT2D eigenvalue weighted by Crippen LogP contribution is 2.23. The first-order valence-corrected chi connectivity index (χ1v) is 9.66. The Morgan fingerprint density at radius 3 is 1.65 bits per heavy atom. The first kappa shape index (κ1) is 18.6. The number of hydrogen-bond donors (Lipinski definition) is 1. The van der Waals surface area contributed by atoms with Crippen molar-refractivity contribution >= 4 is 12.2 Å². The molecule has 1 saturated carbocycles. The van der Waals surface area contributed by atoms with Gasteiger partial charge in [0.25, 0.3) is 0 Å². The summed E-state index contributed by atoms with van der Waals surface area (Å²) in [7, 11) is 0. The minimum atomic E-state index is -0.104. The molecular weight excluding hydrogens is 318 g/mol. The predicted molar refractivity (Wildman–Crippen MR) is 111 cm³/mol. The molecule has 1 N–H and O–H groups in total. The van der Waals surface area contributed by atoms with E-state index in [2.05, 4.69) is 77.7 Å². The van der Waals surface area contributed by atoms with Crippen LogP contribution in [0.5, 0.6) is 0 Å². The standard InChI is InChI=1S/C24H29NO/c26-24-17-15-23(16-18-24)25(19-7-13-21-9-3-1-4-10-21)20-8-14-22-11-5-2-6-12-22/h1-14,23-24,26H,15-20H2/b13-7+,14-8+. The van der Waals surface area contributed by atoms with Gasteiger partial charge in [0.15, 0.2) is 0 Å². The molecule has 0 aromatic heterocycles. The fourth-order valence-electron chi connectivity index (χ4n) is 3.57. The summed E-state index contributed by atoms with van der Waals surface area (Å²) in [5, 5.41) is 9.81. The topological polar surface area (TPSA) is 23.5 Å². The van der Waals surface area contributed by atoms with E-state index in [1.54, 1.807) is 0 Å². The van der Waals surface area contributed by atoms with Gasteiger partial charge >= 0.3 is 0 Å². The highest BCUT2D eigenvalue weighted by molar-refractivity contribution is 5.49.